The summed E-state index contributed by atoms with van der Waals surface area (Å²) in [5, 5.41) is 4.55. The van der Waals surface area contributed by atoms with Crippen LogP contribution in [-0.2, 0) is 25.7 Å². The first-order valence-corrected chi connectivity index (χ1v) is 10.1. The summed E-state index contributed by atoms with van der Waals surface area (Å²) in [6.07, 6.45) is 3.38. The van der Waals surface area contributed by atoms with Crippen molar-refractivity contribution in [1.29, 1.82) is 0 Å². The predicted molar refractivity (Wildman–Crippen MR) is 98.5 cm³/mol. The lowest BCUT2D eigenvalue weighted by Gasteiger charge is -2.19. The molecule has 1 saturated carbocycles. The van der Waals surface area contributed by atoms with Gasteiger partial charge in [0, 0.05) is 18.3 Å². The molecule has 0 unspecified atom stereocenters. The van der Waals surface area contributed by atoms with Crippen LogP contribution in [0, 0.1) is 18.8 Å². The van der Waals surface area contributed by atoms with Crippen LogP contribution >= 0.6 is 11.3 Å². The Hall–Kier alpha value is -2.62. The number of carbonyl (C=O) groups is 3. The number of fused-ring (bicyclic) bond motifs is 2. The second-order valence-corrected chi connectivity index (χ2v) is 8.20. The molecule has 2 aromatic rings. The second kappa shape index (κ2) is 7.42. The van der Waals surface area contributed by atoms with Crippen molar-refractivity contribution in [2.24, 2.45) is 11.8 Å². The molecule has 0 bridgehead atoms. The zero-order valence-corrected chi connectivity index (χ0v) is 16.2. The van der Waals surface area contributed by atoms with Crippen molar-refractivity contribution >= 4 is 34.1 Å². The fourth-order valence-electron chi connectivity index (χ4n) is 3.89. The van der Waals surface area contributed by atoms with Gasteiger partial charge in [0.25, 0.3) is 5.56 Å². The summed E-state index contributed by atoms with van der Waals surface area (Å²) in [4.78, 5) is 54.6. The van der Waals surface area contributed by atoms with Gasteiger partial charge in [0.1, 0.15) is 6.61 Å². The zero-order chi connectivity index (χ0) is 19.8. The lowest BCUT2D eigenvalue weighted by Crippen LogP contribution is -2.33. The molecular weight excluding hydrogens is 384 g/mol. The van der Waals surface area contributed by atoms with Crippen molar-refractivity contribution in [1.82, 2.24) is 19.5 Å². The van der Waals surface area contributed by atoms with Crippen molar-refractivity contribution in [3.8, 4) is 0 Å². The molecule has 3 heterocycles. The summed E-state index contributed by atoms with van der Waals surface area (Å²) in [5.74, 6) is -1.27. The number of nitrogens with zero attached hydrogens (tertiary/aromatic N) is 4. The molecule has 0 radical (unpaired) electrons. The molecule has 0 spiro atoms. The summed E-state index contributed by atoms with van der Waals surface area (Å²) in [6, 6.07) is 1.38. The van der Waals surface area contributed by atoms with Crippen molar-refractivity contribution in [2.75, 3.05) is 6.54 Å². The third-order valence-corrected chi connectivity index (χ3v) is 6.13. The van der Waals surface area contributed by atoms with E-state index in [0.29, 0.717) is 15.7 Å². The molecule has 1 aliphatic heterocycles. The van der Waals surface area contributed by atoms with Crippen LogP contribution in [-0.4, -0.2) is 43.8 Å². The van der Waals surface area contributed by atoms with E-state index in [9.17, 15) is 19.2 Å². The van der Waals surface area contributed by atoms with Crippen LogP contribution in [0.25, 0.3) is 4.96 Å². The van der Waals surface area contributed by atoms with Gasteiger partial charge in [-0.25, -0.2) is 4.98 Å². The topological polar surface area (TPSA) is 111 Å². The van der Waals surface area contributed by atoms with E-state index in [1.807, 2.05) is 0 Å². The lowest BCUT2D eigenvalue weighted by atomic mass is 9.81. The van der Waals surface area contributed by atoms with Crippen LogP contribution in [0.4, 0.5) is 0 Å². The molecule has 1 saturated heterocycles. The SMILES string of the molecule is Cc1cc(=O)n2nc(COC(=O)CCN3C(=O)[C@H]4CCCC[C@@H]4C3=O)sc2n1. The summed E-state index contributed by atoms with van der Waals surface area (Å²) in [7, 11) is 0. The largest absolute Gasteiger partial charge is 0.458 e. The number of amides is 2. The maximum absolute atomic E-state index is 12.4. The monoisotopic (exact) mass is 404 g/mol. The summed E-state index contributed by atoms with van der Waals surface area (Å²) >= 11 is 1.17. The van der Waals surface area contributed by atoms with Gasteiger partial charge in [-0.1, -0.05) is 24.2 Å². The van der Waals surface area contributed by atoms with Gasteiger partial charge in [0.2, 0.25) is 16.8 Å². The molecule has 2 aliphatic rings. The number of aryl methyl sites for hydroxylation is 1. The molecule has 28 heavy (non-hydrogen) atoms. The maximum atomic E-state index is 12.4. The molecule has 2 amide bonds. The molecule has 10 heteroatoms. The number of likely N-dealkylation sites (tertiary alicyclic amines) is 1. The Morgan fingerprint density at radius 1 is 1.21 bits per heavy atom. The van der Waals surface area contributed by atoms with Crippen LogP contribution in [0.5, 0.6) is 0 Å². The molecule has 9 nitrogen and oxygen atoms in total. The normalized spacial score (nSPS) is 22.0. The van der Waals surface area contributed by atoms with Crippen LogP contribution in [0.3, 0.4) is 0 Å². The van der Waals surface area contributed by atoms with Gasteiger partial charge in [-0.3, -0.25) is 24.1 Å². The number of hydrogen-bond donors (Lipinski definition) is 0. The smallest absolute Gasteiger partial charge is 0.308 e. The van der Waals surface area contributed by atoms with Crippen LogP contribution in [0.1, 0.15) is 42.8 Å². The highest BCUT2D eigenvalue weighted by Crippen LogP contribution is 2.37. The highest BCUT2D eigenvalue weighted by Gasteiger charge is 2.47. The number of hydrogen-bond acceptors (Lipinski definition) is 8. The molecule has 148 valence electrons. The van der Waals surface area contributed by atoms with Gasteiger partial charge in [-0.05, 0) is 19.8 Å². The Bertz CT molecular complexity index is 989. The average molecular weight is 404 g/mol. The minimum Gasteiger partial charge on any atom is -0.458 e. The van der Waals surface area contributed by atoms with E-state index in [2.05, 4.69) is 10.1 Å². The highest BCUT2D eigenvalue weighted by molar-refractivity contribution is 7.16. The minimum atomic E-state index is -0.522. The van der Waals surface area contributed by atoms with E-state index in [4.69, 9.17) is 4.74 Å². The Morgan fingerprint density at radius 3 is 2.57 bits per heavy atom. The quantitative estimate of drug-likeness (QED) is 0.541. The van der Waals surface area contributed by atoms with Crippen LogP contribution in [0.15, 0.2) is 10.9 Å². The van der Waals surface area contributed by atoms with E-state index >= 15 is 0 Å². The number of rotatable bonds is 5. The number of imide groups is 1. The molecular formula is C18H20N4O5S. The molecule has 0 N–H and O–H groups in total. The Kier molecular flexibility index (Phi) is 4.96. The zero-order valence-electron chi connectivity index (χ0n) is 15.4. The minimum absolute atomic E-state index is 0.0452. The van der Waals surface area contributed by atoms with Crippen molar-refractivity contribution in [2.45, 2.75) is 45.6 Å². The van der Waals surface area contributed by atoms with Gasteiger partial charge < -0.3 is 4.74 Å². The van der Waals surface area contributed by atoms with E-state index in [1.165, 1.54) is 26.8 Å². The van der Waals surface area contributed by atoms with Crippen molar-refractivity contribution in [3.63, 3.8) is 0 Å². The van der Waals surface area contributed by atoms with Crippen molar-refractivity contribution in [3.05, 3.63) is 27.1 Å². The van der Waals surface area contributed by atoms with Crippen molar-refractivity contribution < 1.29 is 19.1 Å². The lowest BCUT2D eigenvalue weighted by molar-refractivity contribution is -0.146. The second-order valence-electron chi connectivity index (χ2n) is 7.16. The third kappa shape index (κ3) is 3.44. The Labute approximate surface area is 164 Å². The van der Waals surface area contributed by atoms with Gasteiger partial charge in [-0.15, -0.1) is 0 Å². The molecule has 2 fully saturated rings. The van der Waals surface area contributed by atoms with Gasteiger partial charge in [0.05, 0.1) is 18.3 Å². The van der Waals surface area contributed by atoms with Crippen LogP contribution < -0.4 is 5.56 Å². The number of carbonyl (C=O) groups excluding carboxylic acids is 3. The molecule has 2 aromatic heterocycles. The average Bonchev–Trinajstić information content (AvgIpc) is 3.18. The first kappa shape index (κ1) is 18.7. The van der Waals surface area contributed by atoms with Gasteiger partial charge in [0.15, 0.2) is 5.01 Å². The summed E-state index contributed by atoms with van der Waals surface area (Å²) in [6.45, 7) is 1.68. The van der Waals surface area contributed by atoms with E-state index < -0.39 is 5.97 Å². The standard InChI is InChI=1S/C18H20N4O5S/c1-10-8-14(23)22-18(19-10)28-13(20-22)9-27-15(24)6-7-21-16(25)11-4-2-3-5-12(11)17(21)26/h8,11-12H,2-7,9H2,1H3/t11-,12-/m0/s1. The van der Waals surface area contributed by atoms with Gasteiger partial charge in [-0.2, -0.15) is 9.61 Å². The Morgan fingerprint density at radius 2 is 1.89 bits per heavy atom. The summed E-state index contributed by atoms with van der Waals surface area (Å²) < 4.78 is 6.36. The van der Waals surface area contributed by atoms with Gasteiger partial charge >= 0.3 is 5.97 Å². The molecule has 1 aliphatic carbocycles. The third-order valence-electron chi connectivity index (χ3n) is 5.24. The predicted octanol–water partition coefficient (Wildman–Crippen LogP) is 1.07. The van der Waals surface area contributed by atoms with Crippen LogP contribution in [0.2, 0.25) is 0 Å². The first-order chi connectivity index (χ1) is 13.4. The summed E-state index contributed by atoms with van der Waals surface area (Å²) in [5.41, 5.74) is 0.307. The number of aromatic nitrogens is 3. The fourth-order valence-corrected chi connectivity index (χ4v) is 4.75. The Balaban J connectivity index is 1.33. The maximum Gasteiger partial charge on any atom is 0.308 e. The van der Waals surface area contributed by atoms with E-state index in [-0.39, 0.29) is 48.8 Å². The number of esters is 1. The number of ether oxygens (including phenoxy) is 1. The highest BCUT2D eigenvalue weighted by atomic mass is 32.1. The fraction of sp³-hybridized carbons (Fsp3) is 0.556. The molecule has 2 atom stereocenters. The first-order valence-electron chi connectivity index (χ1n) is 9.31. The molecule has 0 aromatic carbocycles. The van der Waals surface area contributed by atoms with E-state index in [0.717, 1.165) is 25.7 Å². The van der Waals surface area contributed by atoms with E-state index in [1.54, 1.807) is 6.92 Å². The molecule has 4 rings (SSSR count).